The normalized spacial score (nSPS) is 24.3. The summed E-state index contributed by atoms with van der Waals surface area (Å²) in [5.41, 5.74) is 1.21. The first-order valence-electron chi connectivity index (χ1n) is 12.9. The summed E-state index contributed by atoms with van der Waals surface area (Å²) in [6.07, 6.45) is 10.1. The standard InChI is InChI=1S/C29H38N2O4/c1-34-26-9-5-3-7-24(26)28(32)30-22-15-11-20(12-16-22)19-21-13-17-23(18-14-21)31-29(33)25-8-4-6-10-27(25)35-2/h3-10,20-23H,11-19H2,1-2H3,(H,30,32)(H,31,33). The van der Waals surface area contributed by atoms with Crippen LogP contribution in [0.4, 0.5) is 0 Å². The van der Waals surface area contributed by atoms with Crippen LogP contribution in [-0.2, 0) is 0 Å². The summed E-state index contributed by atoms with van der Waals surface area (Å²) >= 11 is 0. The molecule has 0 saturated heterocycles. The van der Waals surface area contributed by atoms with Crippen LogP contribution in [0, 0.1) is 11.8 Å². The first-order chi connectivity index (χ1) is 17.1. The van der Waals surface area contributed by atoms with Gasteiger partial charge in [0.2, 0.25) is 0 Å². The predicted octanol–water partition coefficient (Wildman–Crippen LogP) is 5.37. The van der Waals surface area contributed by atoms with Crippen LogP contribution in [0.1, 0.15) is 78.5 Å². The lowest BCUT2D eigenvalue weighted by Crippen LogP contribution is -2.39. The number of methoxy groups -OCH3 is 2. The summed E-state index contributed by atoms with van der Waals surface area (Å²) in [4.78, 5) is 25.4. The van der Waals surface area contributed by atoms with Crippen molar-refractivity contribution in [3.05, 3.63) is 59.7 Å². The molecule has 2 fully saturated rings. The van der Waals surface area contributed by atoms with Gasteiger partial charge in [-0.15, -0.1) is 0 Å². The van der Waals surface area contributed by atoms with E-state index in [2.05, 4.69) is 10.6 Å². The number of amides is 2. The van der Waals surface area contributed by atoms with Gasteiger partial charge in [0.25, 0.3) is 11.8 Å². The van der Waals surface area contributed by atoms with Gasteiger partial charge in [-0.25, -0.2) is 0 Å². The molecule has 0 radical (unpaired) electrons. The number of ether oxygens (including phenoxy) is 2. The molecule has 2 aliphatic carbocycles. The molecule has 2 amide bonds. The number of rotatable bonds is 8. The Hall–Kier alpha value is -3.02. The van der Waals surface area contributed by atoms with E-state index < -0.39 is 0 Å². The Morgan fingerprint density at radius 3 is 1.40 bits per heavy atom. The molecule has 0 spiro atoms. The second kappa shape index (κ2) is 12.1. The minimum atomic E-state index is -0.0422. The average molecular weight is 479 g/mol. The Morgan fingerprint density at radius 1 is 0.657 bits per heavy atom. The van der Waals surface area contributed by atoms with Gasteiger partial charge in [0, 0.05) is 12.1 Å². The number of hydrogen-bond donors (Lipinski definition) is 2. The highest BCUT2D eigenvalue weighted by molar-refractivity contribution is 5.97. The first kappa shape index (κ1) is 25.1. The summed E-state index contributed by atoms with van der Waals surface area (Å²) in [7, 11) is 3.19. The van der Waals surface area contributed by atoms with Gasteiger partial charge in [-0.1, -0.05) is 24.3 Å². The second-order valence-corrected chi connectivity index (χ2v) is 10.0. The minimum absolute atomic E-state index is 0.0422. The summed E-state index contributed by atoms with van der Waals surface area (Å²) in [5.74, 6) is 2.62. The fraction of sp³-hybridized carbons (Fsp3) is 0.517. The third kappa shape index (κ3) is 6.56. The molecule has 0 aliphatic heterocycles. The van der Waals surface area contributed by atoms with Crippen LogP contribution >= 0.6 is 0 Å². The van der Waals surface area contributed by atoms with Crippen molar-refractivity contribution in [2.45, 2.75) is 69.9 Å². The molecule has 2 aromatic carbocycles. The third-order valence-electron chi connectivity index (χ3n) is 7.73. The number of para-hydroxylation sites is 2. The fourth-order valence-electron chi connectivity index (χ4n) is 5.75. The third-order valence-corrected chi connectivity index (χ3v) is 7.73. The van der Waals surface area contributed by atoms with Gasteiger partial charge in [0.1, 0.15) is 11.5 Å². The molecule has 2 aliphatic rings. The Balaban J connectivity index is 1.17. The van der Waals surface area contributed by atoms with E-state index in [0.717, 1.165) is 37.5 Å². The molecule has 6 heteroatoms. The zero-order chi connectivity index (χ0) is 24.6. The van der Waals surface area contributed by atoms with E-state index in [1.807, 2.05) is 48.5 Å². The molecular formula is C29H38N2O4. The molecule has 0 atom stereocenters. The van der Waals surface area contributed by atoms with Gasteiger partial charge in [-0.2, -0.15) is 0 Å². The largest absolute Gasteiger partial charge is 0.496 e. The van der Waals surface area contributed by atoms with Crippen LogP contribution in [0.15, 0.2) is 48.5 Å². The van der Waals surface area contributed by atoms with Crippen molar-refractivity contribution in [2.75, 3.05) is 14.2 Å². The van der Waals surface area contributed by atoms with Gasteiger partial charge < -0.3 is 20.1 Å². The molecule has 4 rings (SSSR count). The predicted molar refractivity (Wildman–Crippen MR) is 137 cm³/mol. The van der Waals surface area contributed by atoms with Crippen molar-refractivity contribution in [2.24, 2.45) is 11.8 Å². The minimum Gasteiger partial charge on any atom is -0.496 e. The van der Waals surface area contributed by atoms with Crippen LogP contribution in [0.5, 0.6) is 11.5 Å². The van der Waals surface area contributed by atoms with Crippen molar-refractivity contribution >= 4 is 11.8 Å². The molecule has 6 nitrogen and oxygen atoms in total. The second-order valence-electron chi connectivity index (χ2n) is 10.0. The summed E-state index contributed by atoms with van der Waals surface area (Å²) in [6.45, 7) is 0. The summed E-state index contributed by atoms with van der Waals surface area (Å²) < 4.78 is 10.7. The highest BCUT2D eigenvalue weighted by Gasteiger charge is 2.29. The van der Waals surface area contributed by atoms with Crippen LogP contribution in [0.2, 0.25) is 0 Å². The van der Waals surface area contributed by atoms with Crippen LogP contribution in [-0.4, -0.2) is 38.1 Å². The van der Waals surface area contributed by atoms with Gasteiger partial charge in [-0.3, -0.25) is 9.59 Å². The van der Waals surface area contributed by atoms with Gasteiger partial charge in [0.05, 0.1) is 25.3 Å². The van der Waals surface area contributed by atoms with Crippen molar-refractivity contribution < 1.29 is 19.1 Å². The molecule has 2 aromatic rings. The lowest BCUT2D eigenvalue weighted by atomic mass is 9.75. The van der Waals surface area contributed by atoms with E-state index in [0.29, 0.717) is 22.6 Å². The zero-order valence-corrected chi connectivity index (χ0v) is 20.9. The smallest absolute Gasteiger partial charge is 0.255 e. The quantitative estimate of drug-likeness (QED) is 0.535. The maximum absolute atomic E-state index is 12.7. The number of carbonyl (C=O) groups excluding carboxylic acids is 2. The molecule has 0 heterocycles. The Bertz CT molecular complexity index is 912. The monoisotopic (exact) mass is 478 g/mol. The Morgan fingerprint density at radius 2 is 1.03 bits per heavy atom. The summed E-state index contributed by atoms with van der Waals surface area (Å²) in [6, 6.07) is 15.2. The molecule has 0 aromatic heterocycles. The van der Waals surface area contributed by atoms with Crippen molar-refractivity contribution in [3.8, 4) is 11.5 Å². The SMILES string of the molecule is COc1ccccc1C(=O)NC1CCC(CC2CCC(NC(=O)c3ccccc3OC)CC2)CC1. The molecule has 188 valence electrons. The van der Waals surface area contributed by atoms with E-state index in [1.165, 1.54) is 32.1 Å². The average Bonchev–Trinajstić information content (AvgIpc) is 2.90. The van der Waals surface area contributed by atoms with E-state index >= 15 is 0 Å². The van der Waals surface area contributed by atoms with Gasteiger partial charge in [-0.05, 0) is 93.9 Å². The lowest BCUT2D eigenvalue weighted by molar-refractivity contribution is 0.0915. The zero-order valence-electron chi connectivity index (χ0n) is 20.9. The van der Waals surface area contributed by atoms with E-state index in [9.17, 15) is 9.59 Å². The van der Waals surface area contributed by atoms with Crippen molar-refractivity contribution in [1.82, 2.24) is 10.6 Å². The maximum atomic E-state index is 12.7. The highest BCUT2D eigenvalue weighted by atomic mass is 16.5. The van der Waals surface area contributed by atoms with Crippen molar-refractivity contribution in [3.63, 3.8) is 0 Å². The number of benzene rings is 2. The van der Waals surface area contributed by atoms with E-state index in [1.54, 1.807) is 14.2 Å². The number of carbonyl (C=O) groups is 2. The maximum Gasteiger partial charge on any atom is 0.255 e. The molecule has 2 N–H and O–H groups in total. The molecular weight excluding hydrogens is 440 g/mol. The van der Waals surface area contributed by atoms with Gasteiger partial charge >= 0.3 is 0 Å². The first-order valence-corrected chi connectivity index (χ1v) is 12.9. The lowest BCUT2D eigenvalue weighted by Gasteiger charge is -2.34. The van der Waals surface area contributed by atoms with E-state index in [-0.39, 0.29) is 23.9 Å². The van der Waals surface area contributed by atoms with Crippen molar-refractivity contribution in [1.29, 1.82) is 0 Å². The van der Waals surface area contributed by atoms with Crippen LogP contribution < -0.4 is 20.1 Å². The van der Waals surface area contributed by atoms with Crippen LogP contribution in [0.25, 0.3) is 0 Å². The molecule has 0 bridgehead atoms. The van der Waals surface area contributed by atoms with Crippen LogP contribution in [0.3, 0.4) is 0 Å². The Kier molecular flexibility index (Phi) is 8.67. The Labute approximate surface area is 208 Å². The molecule has 0 unspecified atom stereocenters. The topological polar surface area (TPSA) is 76.7 Å². The number of hydrogen-bond acceptors (Lipinski definition) is 4. The fourth-order valence-corrected chi connectivity index (χ4v) is 5.75. The van der Waals surface area contributed by atoms with Gasteiger partial charge in [0.15, 0.2) is 0 Å². The highest BCUT2D eigenvalue weighted by Crippen LogP contribution is 2.36. The molecule has 35 heavy (non-hydrogen) atoms. The molecule has 2 saturated carbocycles. The number of nitrogens with one attached hydrogen (secondary N) is 2. The summed E-state index contributed by atoms with van der Waals surface area (Å²) in [5, 5.41) is 6.42. The van der Waals surface area contributed by atoms with E-state index in [4.69, 9.17) is 9.47 Å².